The highest BCUT2D eigenvalue weighted by Gasteiger charge is 2.29. The van der Waals surface area contributed by atoms with Crippen molar-refractivity contribution in [2.24, 2.45) is 11.1 Å². The summed E-state index contributed by atoms with van der Waals surface area (Å²) in [4.78, 5) is 13.8. The van der Waals surface area contributed by atoms with Gasteiger partial charge in [0.15, 0.2) is 0 Å². The molecule has 2 N–H and O–H groups in total. The number of hydrogen-bond donors (Lipinski definition) is 1. The normalized spacial score (nSPS) is 11.6. The smallest absolute Gasteiger partial charge is 0.229 e. The molecule has 0 atom stereocenters. The molecule has 96 valence electrons. The Morgan fingerprint density at radius 3 is 2.47 bits per heavy atom. The van der Waals surface area contributed by atoms with Crippen LogP contribution in [0.25, 0.3) is 0 Å². The van der Waals surface area contributed by atoms with Gasteiger partial charge in [0.2, 0.25) is 5.91 Å². The fraction of sp³-hybridized carbons (Fsp3) is 0.667. The van der Waals surface area contributed by atoms with Gasteiger partial charge in [-0.2, -0.15) is 0 Å². The van der Waals surface area contributed by atoms with Gasteiger partial charge in [0.25, 0.3) is 0 Å². The lowest BCUT2D eigenvalue weighted by atomic mass is 9.92. The Bertz CT molecular complexity index is 390. The van der Waals surface area contributed by atoms with E-state index >= 15 is 0 Å². The van der Waals surface area contributed by atoms with Crippen LogP contribution in [0.4, 0.5) is 0 Å². The minimum absolute atomic E-state index is 0.0278. The third kappa shape index (κ3) is 2.85. The van der Waals surface area contributed by atoms with E-state index < -0.39 is 5.41 Å². The van der Waals surface area contributed by atoms with Gasteiger partial charge >= 0.3 is 0 Å². The number of aromatic nitrogens is 1. The van der Waals surface area contributed by atoms with Crippen LogP contribution in [0, 0.1) is 19.3 Å². The zero-order valence-corrected chi connectivity index (χ0v) is 11.2. The highest BCUT2D eigenvalue weighted by molar-refractivity contribution is 5.82. The average Bonchev–Trinajstić information content (AvgIpc) is 2.59. The molecule has 0 radical (unpaired) electrons. The van der Waals surface area contributed by atoms with Crippen molar-refractivity contribution >= 4 is 5.91 Å². The number of nitrogens with two attached hydrogens (primary N) is 1. The van der Waals surface area contributed by atoms with Crippen molar-refractivity contribution in [1.82, 2.24) is 10.1 Å². The van der Waals surface area contributed by atoms with E-state index in [9.17, 15) is 4.79 Å². The molecular weight excluding hydrogens is 218 g/mol. The number of amides is 1. The van der Waals surface area contributed by atoms with Crippen LogP contribution in [0.2, 0.25) is 0 Å². The predicted octanol–water partition coefficient (Wildman–Crippen LogP) is 1.23. The van der Waals surface area contributed by atoms with Crippen LogP contribution < -0.4 is 5.73 Å². The third-order valence-corrected chi connectivity index (χ3v) is 3.01. The van der Waals surface area contributed by atoms with E-state index in [4.69, 9.17) is 10.3 Å². The van der Waals surface area contributed by atoms with Crippen LogP contribution in [0.15, 0.2) is 4.52 Å². The quantitative estimate of drug-likeness (QED) is 0.857. The van der Waals surface area contributed by atoms with Gasteiger partial charge in [-0.15, -0.1) is 0 Å². The fourth-order valence-corrected chi connectivity index (χ4v) is 1.64. The molecule has 5 heteroatoms. The molecule has 0 unspecified atom stereocenters. The summed E-state index contributed by atoms with van der Waals surface area (Å²) in [6, 6.07) is 0. The summed E-state index contributed by atoms with van der Waals surface area (Å²) in [7, 11) is 1.77. The van der Waals surface area contributed by atoms with Crippen LogP contribution >= 0.6 is 0 Å². The van der Waals surface area contributed by atoms with E-state index in [0.717, 1.165) is 17.0 Å². The Morgan fingerprint density at radius 1 is 1.47 bits per heavy atom. The highest BCUT2D eigenvalue weighted by atomic mass is 16.5. The summed E-state index contributed by atoms with van der Waals surface area (Å²) in [6.07, 6.45) is 0. The highest BCUT2D eigenvalue weighted by Crippen LogP contribution is 2.20. The zero-order valence-electron chi connectivity index (χ0n) is 11.2. The maximum absolute atomic E-state index is 12.1. The lowest BCUT2D eigenvalue weighted by molar-refractivity contribution is -0.139. The standard InChI is InChI=1S/C12H21N3O2/c1-8-10(9(2)17-14-8)6-15(5)11(16)12(3,4)7-13/h6-7,13H2,1-5H3. The number of rotatable bonds is 4. The molecule has 0 aromatic carbocycles. The molecule has 0 saturated carbocycles. The lowest BCUT2D eigenvalue weighted by Crippen LogP contribution is -2.42. The molecule has 0 aliphatic heterocycles. The van der Waals surface area contributed by atoms with Crippen molar-refractivity contribution in [3.63, 3.8) is 0 Å². The topological polar surface area (TPSA) is 72.4 Å². The fourth-order valence-electron chi connectivity index (χ4n) is 1.64. The van der Waals surface area contributed by atoms with Gasteiger partial charge in [-0.3, -0.25) is 4.79 Å². The number of carbonyl (C=O) groups excluding carboxylic acids is 1. The largest absolute Gasteiger partial charge is 0.361 e. The molecule has 0 bridgehead atoms. The van der Waals surface area contributed by atoms with Gasteiger partial charge in [-0.1, -0.05) is 5.16 Å². The van der Waals surface area contributed by atoms with Crippen LogP contribution in [-0.2, 0) is 11.3 Å². The Hall–Kier alpha value is -1.36. The van der Waals surface area contributed by atoms with Crippen molar-refractivity contribution in [2.45, 2.75) is 34.2 Å². The summed E-state index contributed by atoms with van der Waals surface area (Å²) >= 11 is 0. The number of nitrogens with zero attached hydrogens (tertiary/aromatic N) is 2. The molecule has 17 heavy (non-hydrogen) atoms. The molecule has 0 spiro atoms. The minimum Gasteiger partial charge on any atom is -0.361 e. The van der Waals surface area contributed by atoms with Gasteiger partial charge < -0.3 is 15.2 Å². The lowest BCUT2D eigenvalue weighted by Gasteiger charge is -2.28. The maximum Gasteiger partial charge on any atom is 0.229 e. The summed E-state index contributed by atoms with van der Waals surface area (Å²) in [5.41, 5.74) is 6.86. The van der Waals surface area contributed by atoms with E-state index in [2.05, 4.69) is 5.16 Å². The average molecular weight is 239 g/mol. The SMILES string of the molecule is Cc1noc(C)c1CN(C)C(=O)C(C)(C)CN. The molecule has 5 nitrogen and oxygen atoms in total. The molecule has 1 aromatic rings. The predicted molar refractivity (Wildman–Crippen MR) is 65.3 cm³/mol. The van der Waals surface area contributed by atoms with Crippen molar-refractivity contribution in [3.05, 3.63) is 17.0 Å². The number of hydrogen-bond acceptors (Lipinski definition) is 4. The van der Waals surface area contributed by atoms with Gasteiger partial charge in [0.1, 0.15) is 5.76 Å². The molecular formula is C12H21N3O2. The van der Waals surface area contributed by atoms with Crippen molar-refractivity contribution < 1.29 is 9.32 Å². The van der Waals surface area contributed by atoms with Crippen LogP contribution in [-0.4, -0.2) is 29.6 Å². The Morgan fingerprint density at radius 2 is 2.06 bits per heavy atom. The first kappa shape index (κ1) is 13.7. The summed E-state index contributed by atoms with van der Waals surface area (Å²) < 4.78 is 5.08. The van der Waals surface area contributed by atoms with E-state index in [1.807, 2.05) is 27.7 Å². The second-order valence-electron chi connectivity index (χ2n) is 5.05. The second kappa shape index (κ2) is 4.87. The summed E-state index contributed by atoms with van der Waals surface area (Å²) in [6.45, 7) is 8.25. The maximum atomic E-state index is 12.1. The van der Waals surface area contributed by atoms with E-state index in [1.165, 1.54) is 0 Å². The molecule has 1 rings (SSSR count). The zero-order chi connectivity index (χ0) is 13.2. The molecule has 1 heterocycles. The first-order valence-electron chi connectivity index (χ1n) is 5.67. The first-order chi connectivity index (χ1) is 7.79. The Labute approximate surface area is 102 Å². The van der Waals surface area contributed by atoms with Crippen LogP contribution in [0.3, 0.4) is 0 Å². The van der Waals surface area contributed by atoms with Gasteiger partial charge in [0.05, 0.1) is 17.7 Å². The van der Waals surface area contributed by atoms with E-state index in [1.54, 1.807) is 11.9 Å². The van der Waals surface area contributed by atoms with Gasteiger partial charge in [-0.05, 0) is 27.7 Å². The number of carbonyl (C=O) groups is 1. The third-order valence-electron chi connectivity index (χ3n) is 3.01. The first-order valence-corrected chi connectivity index (χ1v) is 5.67. The molecule has 0 saturated heterocycles. The minimum atomic E-state index is -0.534. The van der Waals surface area contributed by atoms with E-state index in [0.29, 0.717) is 13.1 Å². The molecule has 1 amide bonds. The molecule has 1 aromatic heterocycles. The van der Waals surface area contributed by atoms with Gasteiger partial charge in [-0.25, -0.2) is 0 Å². The van der Waals surface area contributed by atoms with Crippen LogP contribution in [0.5, 0.6) is 0 Å². The summed E-state index contributed by atoms with van der Waals surface area (Å²) in [5, 5.41) is 3.87. The molecule has 0 fully saturated rings. The van der Waals surface area contributed by atoms with Gasteiger partial charge in [0, 0.05) is 19.2 Å². The monoisotopic (exact) mass is 239 g/mol. The Kier molecular flexibility index (Phi) is 3.93. The molecule has 0 aliphatic rings. The van der Waals surface area contributed by atoms with Crippen LogP contribution in [0.1, 0.15) is 30.9 Å². The van der Waals surface area contributed by atoms with Crippen molar-refractivity contribution in [2.75, 3.05) is 13.6 Å². The number of aryl methyl sites for hydroxylation is 2. The molecule has 0 aliphatic carbocycles. The van der Waals surface area contributed by atoms with Crippen molar-refractivity contribution in [3.8, 4) is 0 Å². The van der Waals surface area contributed by atoms with E-state index in [-0.39, 0.29) is 5.91 Å². The second-order valence-corrected chi connectivity index (χ2v) is 5.05. The van der Waals surface area contributed by atoms with Crippen molar-refractivity contribution in [1.29, 1.82) is 0 Å². The Balaban J connectivity index is 2.80. The summed E-state index contributed by atoms with van der Waals surface area (Å²) in [5.74, 6) is 0.785.